The molecule has 1 fully saturated rings. The Morgan fingerprint density at radius 3 is 2.45 bits per heavy atom. The summed E-state index contributed by atoms with van der Waals surface area (Å²) in [6.07, 6.45) is 3.31. The Balaban J connectivity index is 1.82. The average Bonchev–Trinajstić information content (AvgIpc) is 3.17. The van der Waals surface area contributed by atoms with Crippen molar-refractivity contribution >= 4 is 0 Å². The number of hydrogen-bond acceptors (Lipinski definition) is 6. The zero-order valence-corrected chi connectivity index (χ0v) is 16.1. The molecule has 0 amide bonds. The second-order valence-electron chi connectivity index (χ2n) is 6.78. The Kier molecular flexibility index (Phi) is 5.12. The molecule has 0 saturated carbocycles. The third kappa shape index (κ3) is 3.76. The van der Waals surface area contributed by atoms with Crippen LogP contribution in [-0.4, -0.2) is 28.0 Å². The Bertz CT molecular complexity index is 1060. The molecule has 8 heteroatoms. The molecule has 29 heavy (non-hydrogen) atoms. The quantitative estimate of drug-likeness (QED) is 0.659. The molecule has 0 aliphatic carbocycles. The van der Waals surface area contributed by atoms with E-state index in [0.717, 1.165) is 5.56 Å². The summed E-state index contributed by atoms with van der Waals surface area (Å²) in [4.78, 5) is 17.1. The van der Waals surface area contributed by atoms with Crippen molar-refractivity contribution in [2.45, 2.75) is 26.2 Å². The molecule has 1 aromatic carbocycles. The molecular formula is C21H20FN3O4. The van der Waals surface area contributed by atoms with Gasteiger partial charge in [-0.2, -0.15) is 9.78 Å². The van der Waals surface area contributed by atoms with E-state index in [2.05, 4.69) is 10.1 Å². The number of ether oxygens (including phenoxy) is 3. The minimum absolute atomic E-state index is 0.136. The van der Waals surface area contributed by atoms with Gasteiger partial charge in [-0.15, -0.1) is 0 Å². The van der Waals surface area contributed by atoms with E-state index in [-0.39, 0.29) is 12.4 Å². The summed E-state index contributed by atoms with van der Waals surface area (Å²) in [6, 6.07) is 9.11. The van der Waals surface area contributed by atoms with Crippen molar-refractivity contribution in [3.8, 4) is 11.4 Å². The van der Waals surface area contributed by atoms with Gasteiger partial charge in [0.2, 0.25) is 5.79 Å². The molecular weight excluding hydrogens is 377 g/mol. The lowest BCUT2D eigenvalue weighted by atomic mass is 10.1. The summed E-state index contributed by atoms with van der Waals surface area (Å²) in [5.41, 5.74) is 1.79. The van der Waals surface area contributed by atoms with Crippen LogP contribution < -0.4 is 10.3 Å². The first-order valence-corrected chi connectivity index (χ1v) is 9.18. The van der Waals surface area contributed by atoms with Crippen molar-refractivity contribution in [2.75, 3.05) is 13.2 Å². The monoisotopic (exact) mass is 397 g/mol. The molecule has 2 aromatic heterocycles. The molecule has 7 nitrogen and oxygen atoms in total. The van der Waals surface area contributed by atoms with E-state index in [4.69, 9.17) is 14.2 Å². The standard InChI is InChI=1S/C21H20FN3O4/c1-14-18(27-13-15-7-9-23-10-8-15)20(26)25(17-5-3-16(22)4-6-17)24-19(14)21(2)28-11-12-29-21/h3-10H,11-13H2,1-2H3. The van der Waals surface area contributed by atoms with E-state index >= 15 is 0 Å². The fourth-order valence-corrected chi connectivity index (χ4v) is 3.23. The van der Waals surface area contributed by atoms with Crippen molar-refractivity contribution in [3.63, 3.8) is 0 Å². The van der Waals surface area contributed by atoms with Gasteiger partial charge in [-0.25, -0.2) is 4.39 Å². The van der Waals surface area contributed by atoms with Gasteiger partial charge in [-0.05, 0) is 55.8 Å². The molecule has 3 heterocycles. The summed E-state index contributed by atoms with van der Waals surface area (Å²) in [5.74, 6) is -1.37. The molecule has 3 aromatic rings. The third-order valence-corrected chi connectivity index (χ3v) is 4.75. The smallest absolute Gasteiger partial charge is 0.314 e. The van der Waals surface area contributed by atoms with Gasteiger partial charge in [0.25, 0.3) is 0 Å². The van der Waals surface area contributed by atoms with E-state index in [1.165, 1.54) is 28.9 Å². The number of halogens is 1. The van der Waals surface area contributed by atoms with Gasteiger partial charge in [0, 0.05) is 18.0 Å². The van der Waals surface area contributed by atoms with Crippen LogP contribution in [0.25, 0.3) is 5.69 Å². The highest BCUT2D eigenvalue weighted by atomic mass is 19.1. The van der Waals surface area contributed by atoms with Crippen LogP contribution in [-0.2, 0) is 21.9 Å². The van der Waals surface area contributed by atoms with Crippen LogP contribution in [0.2, 0.25) is 0 Å². The molecule has 150 valence electrons. The van der Waals surface area contributed by atoms with Crippen LogP contribution >= 0.6 is 0 Å². The number of rotatable bonds is 5. The van der Waals surface area contributed by atoms with Crippen molar-refractivity contribution < 1.29 is 18.6 Å². The number of hydrogen-bond donors (Lipinski definition) is 0. The zero-order valence-electron chi connectivity index (χ0n) is 16.1. The van der Waals surface area contributed by atoms with E-state index in [0.29, 0.717) is 30.2 Å². The van der Waals surface area contributed by atoms with Crippen LogP contribution in [0.5, 0.6) is 5.75 Å². The minimum atomic E-state index is -1.10. The fourth-order valence-electron chi connectivity index (χ4n) is 3.23. The van der Waals surface area contributed by atoms with Crippen LogP contribution in [0.1, 0.15) is 23.7 Å². The maximum absolute atomic E-state index is 13.4. The van der Waals surface area contributed by atoms with Gasteiger partial charge in [-0.1, -0.05) is 0 Å². The van der Waals surface area contributed by atoms with E-state index in [1.54, 1.807) is 38.4 Å². The largest absolute Gasteiger partial charge is 0.483 e. The normalized spacial score (nSPS) is 15.4. The predicted octanol–water partition coefficient (Wildman–Crippen LogP) is 2.87. The van der Waals surface area contributed by atoms with Gasteiger partial charge >= 0.3 is 5.56 Å². The Labute approximate surface area is 166 Å². The fraction of sp³-hybridized carbons (Fsp3) is 0.286. The zero-order chi connectivity index (χ0) is 20.4. The molecule has 1 aliphatic rings. The number of nitrogens with zero attached hydrogens (tertiary/aromatic N) is 3. The lowest BCUT2D eigenvalue weighted by molar-refractivity contribution is -0.154. The molecule has 4 rings (SSSR count). The van der Waals surface area contributed by atoms with Crippen LogP contribution in [0, 0.1) is 12.7 Å². The highest BCUT2D eigenvalue weighted by Crippen LogP contribution is 2.34. The van der Waals surface area contributed by atoms with Gasteiger partial charge in [0.1, 0.15) is 18.1 Å². The maximum Gasteiger partial charge on any atom is 0.314 e. The van der Waals surface area contributed by atoms with Crippen LogP contribution in [0.4, 0.5) is 4.39 Å². The molecule has 0 unspecified atom stereocenters. The molecule has 0 atom stereocenters. The lowest BCUT2D eigenvalue weighted by Gasteiger charge is -2.25. The van der Waals surface area contributed by atoms with Crippen LogP contribution in [0.3, 0.4) is 0 Å². The summed E-state index contributed by atoms with van der Waals surface area (Å²) >= 11 is 0. The Hall–Kier alpha value is -3.10. The van der Waals surface area contributed by atoms with Gasteiger partial charge in [0.15, 0.2) is 5.75 Å². The highest BCUT2D eigenvalue weighted by molar-refractivity contribution is 5.40. The third-order valence-electron chi connectivity index (χ3n) is 4.75. The molecule has 1 saturated heterocycles. The molecule has 0 spiro atoms. The first-order chi connectivity index (χ1) is 14.0. The van der Waals surface area contributed by atoms with E-state index in [1.807, 2.05) is 0 Å². The number of benzene rings is 1. The molecule has 0 N–H and O–H groups in total. The van der Waals surface area contributed by atoms with E-state index < -0.39 is 17.2 Å². The Morgan fingerprint density at radius 1 is 1.14 bits per heavy atom. The second-order valence-corrected chi connectivity index (χ2v) is 6.78. The SMILES string of the molecule is Cc1c(C2(C)OCCO2)nn(-c2ccc(F)cc2)c(=O)c1OCc1ccncc1. The van der Waals surface area contributed by atoms with Gasteiger partial charge in [0.05, 0.1) is 18.9 Å². The summed E-state index contributed by atoms with van der Waals surface area (Å²) in [5, 5.41) is 4.48. The van der Waals surface area contributed by atoms with Gasteiger partial charge in [-0.3, -0.25) is 9.78 Å². The Morgan fingerprint density at radius 2 is 1.79 bits per heavy atom. The van der Waals surface area contributed by atoms with Crippen molar-refractivity contribution in [2.24, 2.45) is 0 Å². The minimum Gasteiger partial charge on any atom is -0.483 e. The molecule has 1 aliphatic heterocycles. The van der Waals surface area contributed by atoms with Crippen molar-refractivity contribution in [1.29, 1.82) is 0 Å². The molecule has 0 bridgehead atoms. The number of aromatic nitrogens is 3. The first kappa shape index (κ1) is 19.2. The topological polar surface area (TPSA) is 75.5 Å². The van der Waals surface area contributed by atoms with Crippen molar-refractivity contribution in [3.05, 3.63) is 81.8 Å². The first-order valence-electron chi connectivity index (χ1n) is 9.18. The summed E-state index contributed by atoms with van der Waals surface area (Å²) in [7, 11) is 0. The highest BCUT2D eigenvalue weighted by Gasteiger charge is 2.38. The van der Waals surface area contributed by atoms with Gasteiger partial charge < -0.3 is 14.2 Å². The second kappa shape index (κ2) is 7.73. The maximum atomic E-state index is 13.4. The van der Waals surface area contributed by atoms with Crippen molar-refractivity contribution in [1.82, 2.24) is 14.8 Å². The lowest BCUT2D eigenvalue weighted by Crippen LogP contribution is -2.33. The molecule has 0 radical (unpaired) electrons. The van der Waals surface area contributed by atoms with E-state index in [9.17, 15) is 9.18 Å². The predicted molar refractivity (Wildman–Crippen MR) is 102 cm³/mol. The number of pyridine rings is 1. The average molecular weight is 397 g/mol. The summed E-state index contributed by atoms with van der Waals surface area (Å²) < 4.78 is 31.9. The summed E-state index contributed by atoms with van der Waals surface area (Å²) in [6.45, 7) is 4.52. The van der Waals surface area contributed by atoms with Crippen LogP contribution in [0.15, 0.2) is 53.6 Å².